The van der Waals surface area contributed by atoms with Gasteiger partial charge in [-0.1, -0.05) is 30.3 Å². The number of hydrogen-bond donors (Lipinski definition) is 1. The van der Waals surface area contributed by atoms with E-state index in [-0.39, 0.29) is 17.5 Å². The SMILES string of the molecule is CC(=O)N1N=C(c2ccccc2O)C[C@@H]1c1ccccc1F. The molecule has 0 saturated heterocycles. The van der Waals surface area contributed by atoms with Crippen LogP contribution in [0.25, 0.3) is 0 Å². The van der Waals surface area contributed by atoms with Crippen molar-refractivity contribution in [2.24, 2.45) is 5.10 Å². The molecule has 1 aliphatic rings. The number of carbonyl (C=O) groups excluding carboxylic acids is 1. The zero-order chi connectivity index (χ0) is 15.7. The van der Waals surface area contributed by atoms with E-state index in [1.54, 1.807) is 42.5 Å². The fraction of sp³-hybridized carbons (Fsp3) is 0.176. The number of phenolic OH excluding ortho intramolecular Hbond substituents is 1. The molecular formula is C17H15FN2O2. The lowest BCUT2D eigenvalue weighted by molar-refractivity contribution is -0.130. The molecule has 5 heteroatoms. The first-order valence-electron chi connectivity index (χ1n) is 6.98. The van der Waals surface area contributed by atoms with Crippen molar-refractivity contribution in [2.75, 3.05) is 0 Å². The Morgan fingerprint density at radius 1 is 1.23 bits per heavy atom. The van der Waals surface area contributed by atoms with E-state index in [4.69, 9.17) is 0 Å². The molecule has 0 spiro atoms. The fourth-order valence-electron chi connectivity index (χ4n) is 2.67. The van der Waals surface area contributed by atoms with Crippen LogP contribution in [0.1, 0.15) is 30.5 Å². The molecule has 0 radical (unpaired) electrons. The molecule has 1 aliphatic heterocycles. The summed E-state index contributed by atoms with van der Waals surface area (Å²) in [7, 11) is 0. The minimum absolute atomic E-state index is 0.0962. The van der Waals surface area contributed by atoms with Crippen LogP contribution in [0.4, 0.5) is 4.39 Å². The number of phenols is 1. The maximum Gasteiger partial charge on any atom is 0.240 e. The van der Waals surface area contributed by atoms with Gasteiger partial charge >= 0.3 is 0 Å². The Morgan fingerprint density at radius 3 is 2.59 bits per heavy atom. The normalized spacial score (nSPS) is 17.5. The summed E-state index contributed by atoms with van der Waals surface area (Å²) >= 11 is 0. The predicted octanol–water partition coefficient (Wildman–Crippen LogP) is 3.23. The number of hydrogen-bond acceptors (Lipinski definition) is 3. The average Bonchev–Trinajstić information content (AvgIpc) is 2.93. The molecule has 0 saturated carbocycles. The summed E-state index contributed by atoms with van der Waals surface area (Å²) in [5, 5.41) is 15.5. The molecular weight excluding hydrogens is 283 g/mol. The first kappa shape index (κ1) is 14.3. The molecule has 0 unspecified atom stereocenters. The Hall–Kier alpha value is -2.69. The lowest BCUT2D eigenvalue weighted by Gasteiger charge is -2.20. The number of aromatic hydroxyl groups is 1. The standard InChI is InChI=1S/C17H15FN2O2/c1-11(21)20-16(12-6-2-4-8-14(12)18)10-15(19-20)13-7-3-5-9-17(13)22/h2-9,16,22H,10H2,1H3/t16-/m1/s1. The summed E-state index contributed by atoms with van der Waals surface area (Å²) < 4.78 is 14.0. The number of halogens is 1. The molecule has 2 aromatic rings. The molecule has 1 heterocycles. The van der Waals surface area contributed by atoms with Crippen molar-refractivity contribution in [1.82, 2.24) is 5.01 Å². The average molecular weight is 298 g/mol. The van der Waals surface area contributed by atoms with Crippen molar-refractivity contribution < 1.29 is 14.3 Å². The molecule has 22 heavy (non-hydrogen) atoms. The van der Waals surface area contributed by atoms with Gasteiger partial charge < -0.3 is 5.11 Å². The number of nitrogens with zero attached hydrogens (tertiary/aromatic N) is 2. The highest BCUT2D eigenvalue weighted by Crippen LogP contribution is 2.35. The second-order valence-corrected chi connectivity index (χ2v) is 5.17. The predicted molar refractivity (Wildman–Crippen MR) is 80.9 cm³/mol. The zero-order valence-electron chi connectivity index (χ0n) is 12.0. The van der Waals surface area contributed by atoms with E-state index in [1.807, 2.05) is 0 Å². The van der Waals surface area contributed by atoms with Crippen molar-refractivity contribution in [1.29, 1.82) is 0 Å². The van der Waals surface area contributed by atoms with Crippen LogP contribution >= 0.6 is 0 Å². The van der Waals surface area contributed by atoms with Gasteiger partial charge in [0.2, 0.25) is 5.91 Å². The maximum absolute atomic E-state index is 14.0. The van der Waals surface area contributed by atoms with E-state index in [0.29, 0.717) is 23.3 Å². The molecule has 1 N–H and O–H groups in total. The Bertz CT molecular complexity index is 758. The maximum atomic E-state index is 14.0. The van der Waals surface area contributed by atoms with E-state index >= 15 is 0 Å². The van der Waals surface area contributed by atoms with Crippen molar-refractivity contribution >= 4 is 11.6 Å². The Labute approximate surface area is 127 Å². The number of para-hydroxylation sites is 1. The van der Waals surface area contributed by atoms with Crippen LogP contribution in [-0.4, -0.2) is 21.7 Å². The van der Waals surface area contributed by atoms with E-state index in [9.17, 15) is 14.3 Å². The van der Waals surface area contributed by atoms with Crippen LogP contribution in [0, 0.1) is 5.82 Å². The summed E-state index contributed by atoms with van der Waals surface area (Å²) in [6, 6.07) is 12.7. The molecule has 2 aromatic carbocycles. The van der Waals surface area contributed by atoms with Gasteiger partial charge in [-0.3, -0.25) is 4.79 Å². The highest BCUT2D eigenvalue weighted by atomic mass is 19.1. The Kier molecular flexibility index (Phi) is 3.63. The highest BCUT2D eigenvalue weighted by molar-refractivity contribution is 6.05. The number of hydrazone groups is 1. The molecule has 3 rings (SSSR count). The largest absolute Gasteiger partial charge is 0.507 e. The van der Waals surface area contributed by atoms with E-state index < -0.39 is 6.04 Å². The van der Waals surface area contributed by atoms with Gasteiger partial charge in [-0.25, -0.2) is 9.40 Å². The summed E-state index contributed by atoms with van der Waals surface area (Å²) in [5.41, 5.74) is 1.56. The van der Waals surface area contributed by atoms with Gasteiger partial charge in [-0.15, -0.1) is 0 Å². The number of benzene rings is 2. The molecule has 4 nitrogen and oxygen atoms in total. The van der Waals surface area contributed by atoms with Crippen molar-refractivity contribution in [3.05, 3.63) is 65.5 Å². The van der Waals surface area contributed by atoms with Crippen molar-refractivity contribution in [3.63, 3.8) is 0 Å². The van der Waals surface area contributed by atoms with Crippen LogP contribution in [0.2, 0.25) is 0 Å². The van der Waals surface area contributed by atoms with Crippen LogP contribution in [0.15, 0.2) is 53.6 Å². The number of rotatable bonds is 2. The number of amides is 1. The lowest BCUT2D eigenvalue weighted by atomic mass is 9.97. The van der Waals surface area contributed by atoms with Gasteiger partial charge in [-0.05, 0) is 18.2 Å². The van der Waals surface area contributed by atoms with Crippen molar-refractivity contribution in [3.8, 4) is 5.75 Å². The zero-order valence-corrected chi connectivity index (χ0v) is 12.0. The smallest absolute Gasteiger partial charge is 0.240 e. The monoisotopic (exact) mass is 298 g/mol. The number of carbonyl (C=O) groups is 1. The summed E-state index contributed by atoms with van der Waals surface area (Å²) in [6.45, 7) is 1.39. The van der Waals surface area contributed by atoms with Crippen LogP contribution in [0.5, 0.6) is 5.75 Å². The third kappa shape index (κ3) is 2.45. The molecule has 0 aliphatic carbocycles. The van der Waals surface area contributed by atoms with Gasteiger partial charge in [0, 0.05) is 24.5 Å². The van der Waals surface area contributed by atoms with E-state index in [0.717, 1.165) is 0 Å². The second-order valence-electron chi connectivity index (χ2n) is 5.17. The topological polar surface area (TPSA) is 52.9 Å². The van der Waals surface area contributed by atoms with Crippen LogP contribution < -0.4 is 0 Å². The quantitative estimate of drug-likeness (QED) is 0.925. The second kappa shape index (κ2) is 5.60. The fourth-order valence-corrected chi connectivity index (χ4v) is 2.67. The molecule has 0 bridgehead atoms. The third-order valence-corrected chi connectivity index (χ3v) is 3.71. The van der Waals surface area contributed by atoms with Crippen LogP contribution in [-0.2, 0) is 4.79 Å². The molecule has 0 aromatic heterocycles. The first-order valence-corrected chi connectivity index (χ1v) is 6.98. The minimum Gasteiger partial charge on any atom is -0.507 e. The molecule has 1 amide bonds. The van der Waals surface area contributed by atoms with Crippen molar-refractivity contribution in [2.45, 2.75) is 19.4 Å². The van der Waals surface area contributed by atoms with Gasteiger partial charge in [0.15, 0.2) is 0 Å². The van der Waals surface area contributed by atoms with Gasteiger partial charge in [0.25, 0.3) is 0 Å². The van der Waals surface area contributed by atoms with Gasteiger partial charge in [-0.2, -0.15) is 5.10 Å². The Balaban J connectivity index is 2.01. The van der Waals surface area contributed by atoms with E-state index in [1.165, 1.54) is 18.0 Å². The van der Waals surface area contributed by atoms with E-state index in [2.05, 4.69) is 5.10 Å². The van der Waals surface area contributed by atoms with Gasteiger partial charge in [0.1, 0.15) is 11.6 Å². The van der Waals surface area contributed by atoms with Crippen LogP contribution in [0.3, 0.4) is 0 Å². The lowest BCUT2D eigenvalue weighted by Crippen LogP contribution is -2.25. The molecule has 112 valence electrons. The van der Waals surface area contributed by atoms with Gasteiger partial charge in [0.05, 0.1) is 11.8 Å². The molecule has 0 fully saturated rings. The minimum atomic E-state index is -0.492. The highest BCUT2D eigenvalue weighted by Gasteiger charge is 2.33. The summed E-state index contributed by atoms with van der Waals surface area (Å²) in [4.78, 5) is 11.8. The third-order valence-electron chi connectivity index (χ3n) is 3.71. The summed E-state index contributed by atoms with van der Waals surface area (Å²) in [5.74, 6) is -0.537. The first-order chi connectivity index (χ1) is 10.6. The molecule has 1 atom stereocenters. The Morgan fingerprint density at radius 2 is 1.91 bits per heavy atom. The summed E-state index contributed by atoms with van der Waals surface area (Å²) in [6.07, 6.45) is 0.359.